The Morgan fingerprint density at radius 2 is 1.78 bits per heavy atom. The third-order valence-electron chi connectivity index (χ3n) is 4.91. The molecule has 0 saturated carbocycles. The van der Waals surface area contributed by atoms with Gasteiger partial charge in [0.15, 0.2) is 0 Å². The normalized spacial score (nSPS) is 16.5. The SMILES string of the molecule is CCC(CC)C(=O)NCC(c1ccc(OC)cc1)N1CCCC1. The lowest BCUT2D eigenvalue weighted by atomic mass is 10.0. The molecule has 1 N–H and O–H groups in total. The molecule has 1 atom stereocenters. The molecule has 0 spiro atoms. The van der Waals surface area contributed by atoms with E-state index < -0.39 is 0 Å². The fourth-order valence-electron chi connectivity index (χ4n) is 3.34. The number of carbonyl (C=O) groups is 1. The van der Waals surface area contributed by atoms with Gasteiger partial charge in [-0.25, -0.2) is 0 Å². The van der Waals surface area contributed by atoms with Crippen LogP contribution in [0.5, 0.6) is 5.75 Å². The third-order valence-corrected chi connectivity index (χ3v) is 4.91. The molecule has 4 nitrogen and oxygen atoms in total. The molecular weight excluding hydrogens is 288 g/mol. The number of nitrogens with one attached hydrogen (secondary N) is 1. The summed E-state index contributed by atoms with van der Waals surface area (Å²) < 4.78 is 5.25. The summed E-state index contributed by atoms with van der Waals surface area (Å²) in [6.45, 7) is 7.06. The van der Waals surface area contributed by atoms with Crippen LogP contribution >= 0.6 is 0 Å². The maximum absolute atomic E-state index is 12.3. The number of carbonyl (C=O) groups excluding carboxylic acids is 1. The van der Waals surface area contributed by atoms with Crippen molar-refractivity contribution in [2.24, 2.45) is 5.92 Å². The topological polar surface area (TPSA) is 41.6 Å². The van der Waals surface area contributed by atoms with Gasteiger partial charge in [0.2, 0.25) is 5.91 Å². The van der Waals surface area contributed by atoms with Gasteiger partial charge < -0.3 is 10.1 Å². The minimum atomic E-state index is 0.130. The Bertz CT molecular complexity index is 477. The Balaban J connectivity index is 2.06. The van der Waals surface area contributed by atoms with E-state index in [9.17, 15) is 4.79 Å². The Hall–Kier alpha value is -1.55. The van der Waals surface area contributed by atoms with Crippen LogP contribution in [0, 0.1) is 5.92 Å². The summed E-state index contributed by atoms with van der Waals surface area (Å²) >= 11 is 0. The molecule has 1 aromatic rings. The third kappa shape index (κ3) is 4.71. The molecule has 1 aromatic carbocycles. The number of amides is 1. The van der Waals surface area contributed by atoms with E-state index in [-0.39, 0.29) is 17.9 Å². The maximum atomic E-state index is 12.3. The zero-order valence-corrected chi connectivity index (χ0v) is 14.7. The van der Waals surface area contributed by atoms with E-state index in [1.807, 2.05) is 12.1 Å². The summed E-state index contributed by atoms with van der Waals surface area (Å²) in [7, 11) is 1.68. The van der Waals surface area contributed by atoms with Crippen molar-refractivity contribution < 1.29 is 9.53 Å². The van der Waals surface area contributed by atoms with Crippen LogP contribution < -0.4 is 10.1 Å². The summed E-state index contributed by atoms with van der Waals surface area (Å²) in [6.07, 6.45) is 4.29. The van der Waals surface area contributed by atoms with Gasteiger partial charge in [0.05, 0.1) is 13.2 Å². The summed E-state index contributed by atoms with van der Waals surface area (Å²) in [4.78, 5) is 14.8. The minimum Gasteiger partial charge on any atom is -0.497 e. The number of ether oxygens (including phenoxy) is 1. The van der Waals surface area contributed by atoms with Crippen LogP contribution in [0.2, 0.25) is 0 Å². The molecule has 1 fully saturated rings. The lowest BCUT2D eigenvalue weighted by Gasteiger charge is -2.29. The number of likely N-dealkylation sites (tertiary alicyclic amines) is 1. The molecule has 0 aliphatic carbocycles. The van der Waals surface area contributed by atoms with Crippen molar-refractivity contribution in [2.45, 2.75) is 45.6 Å². The Morgan fingerprint density at radius 1 is 1.17 bits per heavy atom. The van der Waals surface area contributed by atoms with Gasteiger partial charge in [-0.05, 0) is 56.5 Å². The quantitative estimate of drug-likeness (QED) is 0.799. The van der Waals surface area contributed by atoms with Gasteiger partial charge in [-0.15, -0.1) is 0 Å². The van der Waals surface area contributed by atoms with Crippen LogP contribution in [0.15, 0.2) is 24.3 Å². The highest BCUT2D eigenvalue weighted by atomic mass is 16.5. The second kappa shape index (κ2) is 8.92. The van der Waals surface area contributed by atoms with Gasteiger partial charge in [-0.2, -0.15) is 0 Å². The van der Waals surface area contributed by atoms with E-state index in [2.05, 4.69) is 36.2 Å². The van der Waals surface area contributed by atoms with Gasteiger partial charge in [0.25, 0.3) is 0 Å². The first kappa shape index (κ1) is 17.8. The van der Waals surface area contributed by atoms with E-state index in [0.29, 0.717) is 6.54 Å². The second-order valence-corrected chi connectivity index (χ2v) is 6.29. The Kier molecular flexibility index (Phi) is 6.90. The molecule has 0 radical (unpaired) electrons. The fourth-order valence-corrected chi connectivity index (χ4v) is 3.34. The lowest BCUT2D eigenvalue weighted by Crippen LogP contribution is -2.39. The molecule has 2 rings (SSSR count). The number of hydrogen-bond donors (Lipinski definition) is 1. The van der Waals surface area contributed by atoms with Gasteiger partial charge >= 0.3 is 0 Å². The largest absolute Gasteiger partial charge is 0.497 e. The zero-order valence-electron chi connectivity index (χ0n) is 14.7. The van der Waals surface area contributed by atoms with Crippen LogP contribution in [0.1, 0.15) is 51.1 Å². The average Bonchev–Trinajstić information content (AvgIpc) is 3.11. The number of hydrogen-bond acceptors (Lipinski definition) is 3. The van der Waals surface area contributed by atoms with Crippen molar-refractivity contribution in [2.75, 3.05) is 26.7 Å². The second-order valence-electron chi connectivity index (χ2n) is 6.29. The van der Waals surface area contributed by atoms with Crippen LogP contribution in [0.25, 0.3) is 0 Å². The van der Waals surface area contributed by atoms with E-state index in [1.54, 1.807) is 7.11 Å². The maximum Gasteiger partial charge on any atom is 0.223 e. The first-order valence-corrected chi connectivity index (χ1v) is 8.85. The standard InChI is InChI=1S/C19H30N2O2/c1-4-15(5-2)19(22)20-14-18(21-12-6-7-13-21)16-8-10-17(23-3)11-9-16/h8-11,15,18H,4-7,12-14H2,1-3H3,(H,20,22). The zero-order chi connectivity index (χ0) is 16.7. The predicted octanol–water partition coefficient (Wildman–Crippen LogP) is 3.38. The smallest absolute Gasteiger partial charge is 0.223 e. The van der Waals surface area contributed by atoms with Crippen molar-refractivity contribution >= 4 is 5.91 Å². The van der Waals surface area contributed by atoms with Gasteiger partial charge in [0, 0.05) is 12.5 Å². The first-order valence-electron chi connectivity index (χ1n) is 8.85. The highest BCUT2D eigenvalue weighted by molar-refractivity contribution is 5.78. The molecule has 1 aliphatic rings. The van der Waals surface area contributed by atoms with E-state index in [0.717, 1.165) is 31.7 Å². The highest BCUT2D eigenvalue weighted by Gasteiger charge is 2.25. The average molecular weight is 318 g/mol. The number of nitrogens with zero attached hydrogens (tertiary/aromatic N) is 1. The predicted molar refractivity (Wildman–Crippen MR) is 93.6 cm³/mol. The van der Waals surface area contributed by atoms with Crippen molar-refractivity contribution in [3.63, 3.8) is 0 Å². The molecule has 1 aliphatic heterocycles. The molecule has 0 bridgehead atoms. The van der Waals surface area contributed by atoms with E-state index >= 15 is 0 Å². The summed E-state index contributed by atoms with van der Waals surface area (Å²) in [5.74, 6) is 1.19. The summed E-state index contributed by atoms with van der Waals surface area (Å²) in [5, 5.41) is 3.18. The lowest BCUT2D eigenvalue weighted by molar-refractivity contribution is -0.125. The first-order chi connectivity index (χ1) is 11.2. The van der Waals surface area contributed by atoms with Gasteiger partial charge in [-0.1, -0.05) is 26.0 Å². The molecule has 1 heterocycles. The number of rotatable bonds is 8. The molecular formula is C19H30N2O2. The van der Waals surface area contributed by atoms with Crippen LogP contribution in [0.3, 0.4) is 0 Å². The van der Waals surface area contributed by atoms with E-state index in [4.69, 9.17) is 4.74 Å². The monoisotopic (exact) mass is 318 g/mol. The van der Waals surface area contributed by atoms with Crippen molar-refractivity contribution in [1.29, 1.82) is 0 Å². The van der Waals surface area contributed by atoms with Crippen molar-refractivity contribution in [3.05, 3.63) is 29.8 Å². The molecule has 23 heavy (non-hydrogen) atoms. The highest BCUT2D eigenvalue weighted by Crippen LogP contribution is 2.26. The molecule has 1 unspecified atom stereocenters. The molecule has 1 saturated heterocycles. The molecule has 1 amide bonds. The Morgan fingerprint density at radius 3 is 2.30 bits per heavy atom. The molecule has 128 valence electrons. The van der Waals surface area contributed by atoms with Crippen LogP contribution in [-0.4, -0.2) is 37.6 Å². The fraction of sp³-hybridized carbons (Fsp3) is 0.632. The Labute approximate surface area is 140 Å². The minimum absolute atomic E-state index is 0.130. The van der Waals surface area contributed by atoms with E-state index in [1.165, 1.54) is 18.4 Å². The number of benzene rings is 1. The van der Waals surface area contributed by atoms with Gasteiger partial charge in [0.1, 0.15) is 5.75 Å². The number of methoxy groups -OCH3 is 1. The molecule has 4 heteroatoms. The summed E-state index contributed by atoms with van der Waals surface area (Å²) in [5.41, 5.74) is 1.25. The van der Waals surface area contributed by atoms with Crippen LogP contribution in [-0.2, 0) is 4.79 Å². The summed E-state index contributed by atoms with van der Waals surface area (Å²) in [6, 6.07) is 8.49. The van der Waals surface area contributed by atoms with Crippen molar-refractivity contribution in [3.8, 4) is 5.75 Å². The van der Waals surface area contributed by atoms with Crippen LogP contribution in [0.4, 0.5) is 0 Å². The van der Waals surface area contributed by atoms with Crippen molar-refractivity contribution in [1.82, 2.24) is 10.2 Å². The molecule has 0 aromatic heterocycles. The van der Waals surface area contributed by atoms with Gasteiger partial charge in [-0.3, -0.25) is 9.69 Å².